The molecule has 1 unspecified atom stereocenters. The standard InChI is InChI=1S/C26H29NO4/c1-17(2)31-21-15-9-12-19(16-21)24(28)22-23(18-10-5-3-6-11-18)27(26(30)25(22)29)20-13-7-4-8-14-20/h3,5-6,9-12,15-17,20,23,28H,4,7-8,13-14H2,1-2H3/b24-22-. The predicted molar refractivity (Wildman–Crippen MR) is 120 cm³/mol. The number of ether oxygens (including phenoxy) is 1. The van der Waals surface area contributed by atoms with Crippen LogP contribution in [0.25, 0.3) is 5.76 Å². The maximum absolute atomic E-state index is 13.2. The monoisotopic (exact) mass is 419 g/mol. The smallest absolute Gasteiger partial charge is 0.295 e. The van der Waals surface area contributed by atoms with E-state index in [9.17, 15) is 14.7 Å². The number of aliphatic hydroxyl groups excluding tert-OH is 1. The summed E-state index contributed by atoms with van der Waals surface area (Å²) in [6, 6.07) is 16.0. The van der Waals surface area contributed by atoms with E-state index in [1.165, 1.54) is 0 Å². The van der Waals surface area contributed by atoms with Crippen LogP contribution in [0.2, 0.25) is 0 Å². The molecule has 2 fully saturated rings. The summed E-state index contributed by atoms with van der Waals surface area (Å²) in [5, 5.41) is 11.2. The van der Waals surface area contributed by atoms with Gasteiger partial charge in [0.2, 0.25) is 0 Å². The molecule has 31 heavy (non-hydrogen) atoms. The zero-order chi connectivity index (χ0) is 22.0. The first-order valence-electron chi connectivity index (χ1n) is 11.1. The molecule has 4 rings (SSSR count). The lowest BCUT2D eigenvalue weighted by atomic mass is 9.91. The molecule has 1 saturated heterocycles. The second-order valence-electron chi connectivity index (χ2n) is 8.60. The van der Waals surface area contributed by atoms with Gasteiger partial charge in [0.15, 0.2) is 0 Å². The lowest BCUT2D eigenvalue weighted by molar-refractivity contribution is -0.141. The molecule has 0 bridgehead atoms. The van der Waals surface area contributed by atoms with Crippen LogP contribution in [0.3, 0.4) is 0 Å². The van der Waals surface area contributed by atoms with E-state index in [0.29, 0.717) is 11.3 Å². The van der Waals surface area contributed by atoms with Crippen molar-refractivity contribution in [3.05, 3.63) is 71.3 Å². The Morgan fingerprint density at radius 3 is 2.39 bits per heavy atom. The van der Waals surface area contributed by atoms with Gasteiger partial charge in [0.05, 0.1) is 17.7 Å². The van der Waals surface area contributed by atoms with Gasteiger partial charge in [-0.15, -0.1) is 0 Å². The van der Waals surface area contributed by atoms with Crippen LogP contribution < -0.4 is 4.74 Å². The van der Waals surface area contributed by atoms with Crippen LogP contribution in [-0.2, 0) is 9.59 Å². The molecule has 1 aliphatic heterocycles. The average Bonchev–Trinajstić information content (AvgIpc) is 3.05. The van der Waals surface area contributed by atoms with Crippen molar-refractivity contribution in [3.8, 4) is 5.75 Å². The van der Waals surface area contributed by atoms with Gasteiger partial charge >= 0.3 is 0 Å². The van der Waals surface area contributed by atoms with E-state index in [2.05, 4.69) is 0 Å². The first-order valence-corrected chi connectivity index (χ1v) is 11.1. The van der Waals surface area contributed by atoms with Crippen molar-refractivity contribution >= 4 is 17.4 Å². The number of likely N-dealkylation sites (tertiary alicyclic amines) is 1. The van der Waals surface area contributed by atoms with Gasteiger partial charge in [0.1, 0.15) is 11.5 Å². The van der Waals surface area contributed by atoms with Crippen LogP contribution in [0.5, 0.6) is 5.75 Å². The van der Waals surface area contributed by atoms with Crippen LogP contribution in [0.1, 0.15) is 63.1 Å². The number of amides is 1. The number of aliphatic hydroxyl groups is 1. The van der Waals surface area contributed by atoms with E-state index in [1.807, 2.05) is 50.2 Å². The highest BCUT2D eigenvalue weighted by atomic mass is 16.5. The fourth-order valence-electron chi connectivity index (χ4n) is 4.69. The SMILES string of the molecule is CC(C)Oc1cccc(/C(O)=C2/C(=O)C(=O)N(C3CCCCC3)C2c2ccccc2)c1. The number of nitrogens with zero attached hydrogens (tertiary/aromatic N) is 1. The highest BCUT2D eigenvalue weighted by Gasteiger charge is 2.48. The fourth-order valence-corrected chi connectivity index (χ4v) is 4.69. The van der Waals surface area contributed by atoms with Crippen molar-refractivity contribution in [1.29, 1.82) is 0 Å². The quantitative estimate of drug-likeness (QED) is 0.409. The Morgan fingerprint density at radius 1 is 1.00 bits per heavy atom. The summed E-state index contributed by atoms with van der Waals surface area (Å²) in [5.74, 6) is -0.680. The molecule has 1 amide bonds. The summed E-state index contributed by atoms with van der Waals surface area (Å²) < 4.78 is 5.75. The van der Waals surface area contributed by atoms with Gasteiger partial charge in [-0.3, -0.25) is 9.59 Å². The molecular formula is C26H29NO4. The van der Waals surface area contributed by atoms with Gasteiger partial charge in [-0.1, -0.05) is 61.7 Å². The number of carbonyl (C=O) groups is 2. The number of Topliss-reactive ketones (excluding diaryl/α,β-unsaturated/α-hetero) is 1. The molecule has 2 aromatic carbocycles. The van der Waals surface area contributed by atoms with Gasteiger partial charge in [-0.2, -0.15) is 0 Å². The Kier molecular flexibility index (Phi) is 6.12. The zero-order valence-corrected chi connectivity index (χ0v) is 18.1. The van der Waals surface area contributed by atoms with Crippen LogP contribution in [0.15, 0.2) is 60.2 Å². The molecule has 1 aliphatic carbocycles. The van der Waals surface area contributed by atoms with Crippen LogP contribution in [-0.4, -0.2) is 33.8 Å². The normalized spacial score (nSPS) is 21.6. The summed E-state index contributed by atoms with van der Waals surface area (Å²) in [5.41, 5.74) is 1.47. The largest absolute Gasteiger partial charge is 0.507 e. The molecule has 1 N–H and O–H groups in total. The third kappa shape index (κ3) is 4.22. The van der Waals surface area contributed by atoms with Gasteiger partial charge in [0.25, 0.3) is 11.7 Å². The first kappa shape index (κ1) is 21.2. The maximum Gasteiger partial charge on any atom is 0.295 e. The number of hydrogen-bond donors (Lipinski definition) is 1. The first-order chi connectivity index (χ1) is 15.0. The topological polar surface area (TPSA) is 66.8 Å². The van der Waals surface area contributed by atoms with E-state index < -0.39 is 17.7 Å². The molecule has 0 aromatic heterocycles. The molecule has 1 atom stereocenters. The highest BCUT2D eigenvalue weighted by molar-refractivity contribution is 6.46. The third-order valence-electron chi connectivity index (χ3n) is 6.04. The molecule has 0 spiro atoms. The van der Waals surface area contributed by atoms with Gasteiger partial charge in [-0.25, -0.2) is 0 Å². The minimum atomic E-state index is -0.618. The number of benzene rings is 2. The molecule has 0 radical (unpaired) electrons. The van der Waals surface area contributed by atoms with Crippen LogP contribution >= 0.6 is 0 Å². The molecule has 2 aliphatic rings. The van der Waals surface area contributed by atoms with Crippen molar-refractivity contribution in [2.75, 3.05) is 0 Å². The summed E-state index contributed by atoms with van der Waals surface area (Å²) in [4.78, 5) is 28.1. The van der Waals surface area contributed by atoms with E-state index >= 15 is 0 Å². The van der Waals surface area contributed by atoms with Crippen molar-refractivity contribution < 1.29 is 19.4 Å². The van der Waals surface area contributed by atoms with Gasteiger partial charge in [-0.05, 0) is 44.4 Å². The summed E-state index contributed by atoms with van der Waals surface area (Å²) in [6.07, 6.45) is 4.99. The van der Waals surface area contributed by atoms with Crippen molar-refractivity contribution in [3.63, 3.8) is 0 Å². The second kappa shape index (κ2) is 8.96. The third-order valence-corrected chi connectivity index (χ3v) is 6.04. The Bertz CT molecular complexity index is 989. The lowest BCUT2D eigenvalue weighted by Crippen LogP contribution is -2.40. The minimum Gasteiger partial charge on any atom is -0.507 e. The second-order valence-corrected chi connectivity index (χ2v) is 8.60. The van der Waals surface area contributed by atoms with Gasteiger partial charge in [0, 0.05) is 11.6 Å². The van der Waals surface area contributed by atoms with Crippen molar-refractivity contribution in [2.24, 2.45) is 0 Å². The van der Waals surface area contributed by atoms with E-state index in [4.69, 9.17) is 4.74 Å². The maximum atomic E-state index is 13.2. The number of carbonyl (C=O) groups excluding carboxylic acids is 2. The summed E-state index contributed by atoms with van der Waals surface area (Å²) in [7, 11) is 0. The fraction of sp³-hybridized carbons (Fsp3) is 0.385. The van der Waals surface area contributed by atoms with Crippen LogP contribution in [0.4, 0.5) is 0 Å². The predicted octanol–water partition coefficient (Wildman–Crippen LogP) is 5.23. The Labute approximate surface area is 183 Å². The molecule has 2 aromatic rings. The van der Waals surface area contributed by atoms with E-state index in [-0.39, 0.29) is 23.5 Å². The lowest BCUT2D eigenvalue weighted by Gasteiger charge is -2.35. The van der Waals surface area contributed by atoms with E-state index in [0.717, 1.165) is 37.7 Å². The zero-order valence-electron chi connectivity index (χ0n) is 18.1. The summed E-state index contributed by atoms with van der Waals surface area (Å²) in [6.45, 7) is 3.86. The molecule has 5 heteroatoms. The molecular weight excluding hydrogens is 390 g/mol. The van der Waals surface area contributed by atoms with Crippen molar-refractivity contribution in [1.82, 2.24) is 4.90 Å². The molecule has 162 valence electrons. The minimum absolute atomic E-state index is 0.0105. The van der Waals surface area contributed by atoms with Crippen molar-refractivity contribution in [2.45, 2.75) is 64.1 Å². The molecule has 5 nitrogen and oxygen atoms in total. The number of rotatable bonds is 5. The molecule has 1 saturated carbocycles. The Hall–Kier alpha value is -3.08. The number of ketones is 1. The van der Waals surface area contributed by atoms with E-state index in [1.54, 1.807) is 23.1 Å². The summed E-state index contributed by atoms with van der Waals surface area (Å²) >= 11 is 0. The highest BCUT2D eigenvalue weighted by Crippen LogP contribution is 2.43. The number of hydrogen-bond acceptors (Lipinski definition) is 4. The van der Waals surface area contributed by atoms with Gasteiger partial charge < -0.3 is 14.7 Å². The Morgan fingerprint density at radius 2 is 1.71 bits per heavy atom. The van der Waals surface area contributed by atoms with Crippen LogP contribution in [0, 0.1) is 0 Å². The molecule has 1 heterocycles. The average molecular weight is 420 g/mol. The Balaban J connectivity index is 1.82.